The SMILES string of the molecule is CCSc1nnc(NC(=O)c2sc3cccc(C)c3c2Cl)s1. The highest BCUT2D eigenvalue weighted by atomic mass is 35.5. The molecule has 0 radical (unpaired) electrons. The third-order valence-electron chi connectivity index (χ3n) is 2.97. The summed E-state index contributed by atoms with van der Waals surface area (Å²) >= 11 is 10.7. The van der Waals surface area contributed by atoms with E-state index in [1.54, 1.807) is 11.8 Å². The highest BCUT2D eigenvalue weighted by molar-refractivity contribution is 8.01. The summed E-state index contributed by atoms with van der Waals surface area (Å²) in [6, 6.07) is 5.92. The lowest BCUT2D eigenvalue weighted by Gasteiger charge is -1.99. The first-order valence-corrected chi connectivity index (χ1v) is 9.55. The lowest BCUT2D eigenvalue weighted by molar-refractivity contribution is 0.103. The Kier molecular flexibility index (Phi) is 4.67. The maximum Gasteiger partial charge on any atom is 0.269 e. The molecule has 114 valence electrons. The second-order valence-corrected chi connectivity index (χ2v) is 8.37. The van der Waals surface area contributed by atoms with Crippen molar-refractivity contribution in [1.29, 1.82) is 0 Å². The van der Waals surface area contributed by atoms with Crippen LogP contribution >= 0.6 is 46.0 Å². The summed E-state index contributed by atoms with van der Waals surface area (Å²) in [6.07, 6.45) is 0. The largest absolute Gasteiger partial charge is 0.296 e. The number of carbonyl (C=O) groups excluding carboxylic acids is 1. The van der Waals surface area contributed by atoms with Gasteiger partial charge in [-0.2, -0.15) is 0 Å². The van der Waals surface area contributed by atoms with Crippen molar-refractivity contribution in [1.82, 2.24) is 10.2 Å². The molecule has 0 aliphatic carbocycles. The van der Waals surface area contributed by atoms with Gasteiger partial charge in [0.25, 0.3) is 5.91 Å². The van der Waals surface area contributed by atoms with Gasteiger partial charge in [0.1, 0.15) is 4.88 Å². The minimum Gasteiger partial charge on any atom is -0.296 e. The summed E-state index contributed by atoms with van der Waals surface area (Å²) in [5, 5.41) is 12.7. The van der Waals surface area contributed by atoms with Crippen LogP contribution in [-0.4, -0.2) is 21.9 Å². The molecule has 0 bridgehead atoms. The van der Waals surface area contributed by atoms with E-state index in [4.69, 9.17) is 11.6 Å². The second-order valence-electron chi connectivity index (χ2n) is 4.45. The predicted octanol–water partition coefficient (Wildman–Crippen LogP) is 5.08. The van der Waals surface area contributed by atoms with Gasteiger partial charge in [0.2, 0.25) is 5.13 Å². The smallest absolute Gasteiger partial charge is 0.269 e. The fourth-order valence-electron chi connectivity index (χ4n) is 2.02. The molecule has 4 nitrogen and oxygen atoms in total. The predicted molar refractivity (Wildman–Crippen MR) is 95.8 cm³/mol. The van der Waals surface area contributed by atoms with Crippen LogP contribution < -0.4 is 5.32 Å². The molecule has 0 unspecified atom stereocenters. The number of hydrogen-bond acceptors (Lipinski definition) is 6. The van der Waals surface area contributed by atoms with Crippen LogP contribution in [0.25, 0.3) is 10.1 Å². The van der Waals surface area contributed by atoms with E-state index < -0.39 is 0 Å². The second kappa shape index (κ2) is 6.54. The Labute approximate surface area is 144 Å². The molecular weight excluding hydrogens is 358 g/mol. The number of amides is 1. The molecule has 2 heterocycles. The number of carbonyl (C=O) groups is 1. The zero-order valence-electron chi connectivity index (χ0n) is 11.8. The van der Waals surface area contributed by atoms with E-state index in [2.05, 4.69) is 15.5 Å². The molecule has 2 aromatic heterocycles. The standard InChI is InChI=1S/C14H12ClN3OS3/c1-3-20-14-18-17-13(22-14)16-12(19)11-10(15)9-7(2)5-4-6-8(9)21-11/h4-6H,3H2,1-2H3,(H,16,17,19). The molecule has 1 amide bonds. The molecule has 0 spiro atoms. The normalized spacial score (nSPS) is 11.0. The summed E-state index contributed by atoms with van der Waals surface area (Å²) in [4.78, 5) is 12.9. The van der Waals surface area contributed by atoms with Gasteiger partial charge in [-0.3, -0.25) is 10.1 Å². The van der Waals surface area contributed by atoms with Crippen LogP contribution in [0.1, 0.15) is 22.2 Å². The Morgan fingerprint density at radius 1 is 1.36 bits per heavy atom. The van der Waals surface area contributed by atoms with Crippen molar-refractivity contribution < 1.29 is 4.79 Å². The first-order chi connectivity index (χ1) is 10.6. The van der Waals surface area contributed by atoms with Gasteiger partial charge in [-0.1, -0.05) is 53.8 Å². The van der Waals surface area contributed by atoms with Gasteiger partial charge in [0.05, 0.1) is 5.02 Å². The molecule has 0 aliphatic rings. The van der Waals surface area contributed by atoms with E-state index in [-0.39, 0.29) is 5.91 Å². The van der Waals surface area contributed by atoms with Crippen molar-refractivity contribution in [3.63, 3.8) is 0 Å². The maximum atomic E-state index is 12.4. The average molecular weight is 370 g/mol. The Bertz CT molecular complexity index is 843. The number of benzene rings is 1. The quantitative estimate of drug-likeness (QED) is 0.514. The molecule has 3 aromatic rings. The highest BCUT2D eigenvalue weighted by Crippen LogP contribution is 2.37. The van der Waals surface area contributed by atoms with Gasteiger partial charge < -0.3 is 0 Å². The van der Waals surface area contributed by atoms with Gasteiger partial charge in [-0.25, -0.2) is 0 Å². The molecule has 0 aliphatic heterocycles. The molecule has 8 heteroatoms. The first-order valence-electron chi connectivity index (χ1n) is 6.55. The Morgan fingerprint density at radius 2 is 2.18 bits per heavy atom. The number of thioether (sulfide) groups is 1. The van der Waals surface area contributed by atoms with Crippen molar-refractivity contribution in [2.75, 3.05) is 11.1 Å². The van der Waals surface area contributed by atoms with Gasteiger partial charge >= 0.3 is 0 Å². The number of anilines is 1. The Hall–Kier alpha value is -1.15. The van der Waals surface area contributed by atoms with Crippen molar-refractivity contribution in [3.05, 3.63) is 33.7 Å². The summed E-state index contributed by atoms with van der Waals surface area (Å²) < 4.78 is 1.85. The minimum absolute atomic E-state index is 0.241. The van der Waals surface area contributed by atoms with E-state index in [0.717, 1.165) is 25.7 Å². The van der Waals surface area contributed by atoms with E-state index >= 15 is 0 Å². The molecule has 0 atom stereocenters. The van der Waals surface area contributed by atoms with Crippen LogP contribution in [0.3, 0.4) is 0 Å². The Balaban J connectivity index is 1.88. The van der Waals surface area contributed by atoms with Crippen molar-refractivity contribution >= 4 is 67.2 Å². The van der Waals surface area contributed by atoms with E-state index in [0.29, 0.717) is 15.0 Å². The number of aromatic nitrogens is 2. The van der Waals surface area contributed by atoms with Crippen LogP contribution in [0.15, 0.2) is 22.5 Å². The molecule has 1 aromatic carbocycles. The summed E-state index contributed by atoms with van der Waals surface area (Å²) in [6.45, 7) is 4.03. The Morgan fingerprint density at radius 3 is 2.91 bits per heavy atom. The number of nitrogens with zero attached hydrogens (tertiary/aromatic N) is 2. The number of halogens is 1. The molecule has 22 heavy (non-hydrogen) atoms. The number of thiophene rings is 1. The van der Waals surface area contributed by atoms with E-state index in [1.807, 2.05) is 32.0 Å². The van der Waals surface area contributed by atoms with Crippen LogP contribution in [0.2, 0.25) is 5.02 Å². The van der Waals surface area contributed by atoms with E-state index in [9.17, 15) is 4.79 Å². The molecule has 0 saturated carbocycles. The summed E-state index contributed by atoms with van der Waals surface area (Å²) in [7, 11) is 0. The maximum absolute atomic E-state index is 12.4. The zero-order valence-corrected chi connectivity index (χ0v) is 15.0. The number of fused-ring (bicyclic) bond motifs is 1. The average Bonchev–Trinajstić information content (AvgIpc) is 3.05. The van der Waals surface area contributed by atoms with Crippen LogP contribution in [0.5, 0.6) is 0 Å². The van der Waals surface area contributed by atoms with Crippen LogP contribution in [0, 0.1) is 6.92 Å². The number of aryl methyl sites for hydroxylation is 1. The van der Waals surface area contributed by atoms with Gasteiger partial charge in [0.15, 0.2) is 4.34 Å². The third kappa shape index (κ3) is 2.99. The number of hydrogen-bond donors (Lipinski definition) is 1. The molecule has 3 rings (SSSR count). The lowest BCUT2D eigenvalue weighted by Crippen LogP contribution is -2.10. The fourth-order valence-corrected chi connectivity index (χ4v) is 5.24. The zero-order chi connectivity index (χ0) is 15.7. The third-order valence-corrected chi connectivity index (χ3v) is 6.46. The van der Waals surface area contributed by atoms with Crippen molar-refractivity contribution in [3.8, 4) is 0 Å². The van der Waals surface area contributed by atoms with Crippen molar-refractivity contribution in [2.45, 2.75) is 18.2 Å². The molecule has 0 fully saturated rings. The van der Waals surface area contributed by atoms with Gasteiger partial charge in [0, 0.05) is 10.1 Å². The van der Waals surface area contributed by atoms with E-state index in [1.165, 1.54) is 22.7 Å². The van der Waals surface area contributed by atoms with Crippen LogP contribution in [0.4, 0.5) is 5.13 Å². The number of nitrogens with one attached hydrogen (secondary N) is 1. The topological polar surface area (TPSA) is 54.9 Å². The monoisotopic (exact) mass is 369 g/mol. The summed E-state index contributed by atoms with van der Waals surface area (Å²) in [5.41, 5.74) is 1.07. The molecule has 1 N–H and O–H groups in total. The van der Waals surface area contributed by atoms with Crippen LogP contribution in [-0.2, 0) is 0 Å². The van der Waals surface area contributed by atoms with Gasteiger partial charge in [-0.05, 0) is 24.3 Å². The van der Waals surface area contributed by atoms with Crippen molar-refractivity contribution in [2.24, 2.45) is 0 Å². The number of rotatable bonds is 4. The molecule has 0 saturated heterocycles. The van der Waals surface area contributed by atoms with Gasteiger partial charge in [-0.15, -0.1) is 21.5 Å². The molecular formula is C14H12ClN3OS3. The fraction of sp³-hybridized carbons (Fsp3) is 0.214. The highest BCUT2D eigenvalue weighted by Gasteiger charge is 2.19. The lowest BCUT2D eigenvalue weighted by atomic mass is 10.1. The summed E-state index contributed by atoms with van der Waals surface area (Å²) in [5.74, 6) is 0.680. The first kappa shape index (κ1) is 15.7. The minimum atomic E-state index is -0.241.